The van der Waals surface area contributed by atoms with Gasteiger partial charge in [0.05, 0.1) is 24.2 Å². The average molecular weight is 387 g/mol. The van der Waals surface area contributed by atoms with Gasteiger partial charge < -0.3 is 14.4 Å². The number of hydrogen-bond acceptors (Lipinski definition) is 6. The first-order valence-electron chi connectivity index (χ1n) is 9.53. The number of likely N-dealkylation sites (tertiary alicyclic amines) is 1. The minimum Gasteiger partial charge on any atom is -0.495 e. The van der Waals surface area contributed by atoms with Gasteiger partial charge in [-0.15, -0.1) is 0 Å². The van der Waals surface area contributed by atoms with Gasteiger partial charge in [0, 0.05) is 32.4 Å². The first-order chi connectivity index (χ1) is 13.4. The third kappa shape index (κ3) is 2.85. The Morgan fingerprint density at radius 3 is 2.64 bits per heavy atom. The number of hydrogen-bond donors (Lipinski definition) is 0. The van der Waals surface area contributed by atoms with Crippen LogP contribution in [-0.2, 0) is 11.8 Å². The Morgan fingerprint density at radius 1 is 1.32 bits per heavy atom. The van der Waals surface area contributed by atoms with E-state index in [9.17, 15) is 9.59 Å². The molecule has 0 radical (unpaired) electrons. The van der Waals surface area contributed by atoms with Crippen LogP contribution in [0, 0.1) is 6.92 Å². The fourth-order valence-corrected chi connectivity index (χ4v) is 4.30. The zero-order valence-corrected chi connectivity index (χ0v) is 16.6. The molecule has 0 aromatic carbocycles. The molecule has 2 fully saturated rings. The lowest BCUT2D eigenvalue weighted by Crippen LogP contribution is -2.49. The summed E-state index contributed by atoms with van der Waals surface area (Å²) in [5.74, 6) is 0.407. The van der Waals surface area contributed by atoms with Crippen LogP contribution in [0.25, 0.3) is 11.0 Å². The number of piperidine rings is 1. The Balaban J connectivity index is 1.54. The molecular formula is C19H25N5O4. The van der Waals surface area contributed by atoms with E-state index in [4.69, 9.17) is 9.47 Å². The summed E-state index contributed by atoms with van der Waals surface area (Å²) in [6.07, 6.45) is 2.78. The van der Waals surface area contributed by atoms with Crippen LogP contribution in [-0.4, -0.2) is 75.5 Å². The molecule has 9 heteroatoms. The van der Waals surface area contributed by atoms with Crippen molar-refractivity contribution in [1.29, 1.82) is 0 Å². The van der Waals surface area contributed by atoms with E-state index in [2.05, 4.69) is 10.1 Å². The highest BCUT2D eigenvalue weighted by Gasteiger charge is 2.38. The number of cyclic esters (lactones) is 1. The van der Waals surface area contributed by atoms with Crippen LogP contribution in [0.2, 0.25) is 0 Å². The van der Waals surface area contributed by atoms with Crippen LogP contribution >= 0.6 is 0 Å². The molecule has 0 aliphatic carbocycles. The lowest BCUT2D eigenvalue weighted by Gasteiger charge is -2.37. The van der Waals surface area contributed by atoms with Crippen molar-refractivity contribution in [3.05, 3.63) is 17.5 Å². The van der Waals surface area contributed by atoms with Crippen molar-refractivity contribution >= 4 is 23.0 Å². The Kier molecular flexibility index (Phi) is 4.60. The lowest BCUT2D eigenvalue weighted by atomic mass is 10.0. The summed E-state index contributed by atoms with van der Waals surface area (Å²) in [6, 6.07) is 0.192. The maximum atomic E-state index is 13.2. The SMILES string of the molecule is COc1c(C(=O)N2CCC(N3C(=O)OCC3C)CC2)cnc2c1c(C)nn2C. The van der Waals surface area contributed by atoms with E-state index < -0.39 is 0 Å². The minimum atomic E-state index is -0.249. The zero-order chi connectivity index (χ0) is 20.0. The molecule has 2 aliphatic heterocycles. The van der Waals surface area contributed by atoms with E-state index in [1.54, 1.807) is 22.9 Å². The summed E-state index contributed by atoms with van der Waals surface area (Å²) in [7, 11) is 3.38. The maximum absolute atomic E-state index is 13.2. The molecule has 1 unspecified atom stereocenters. The van der Waals surface area contributed by atoms with E-state index in [1.807, 2.05) is 25.8 Å². The number of pyridine rings is 1. The second-order valence-electron chi connectivity index (χ2n) is 7.47. The number of aromatic nitrogens is 3. The number of fused-ring (bicyclic) bond motifs is 1. The molecule has 1 atom stereocenters. The Morgan fingerprint density at radius 2 is 2.04 bits per heavy atom. The molecular weight excluding hydrogens is 362 g/mol. The molecule has 4 rings (SSSR count). The van der Waals surface area contributed by atoms with E-state index in [0.717, 1.165) is 23.9 Å². The van der Waals surface area contributed by atoms with Gasteiger partial charge in [-0.3, -0.25) is 14.4 Å². The second-order valence-corrected chi connectivity index (χ2v) is 7.47. The minimum absolute atomic E-state index is 0.0833. The van der Waals surface area contributed by atoms with Crippen molar-refractivity contribution in [1.82, 2.24) is 24.6 Å². The monoisotopic (exact) mass is 387 g/mol. The number of methoxy groups -OCH3 is 1. The van der Waals surface area contributed by atoms with Gasteiger partial charge >= 0.3 is 6.09 Å². The topological polar surface area (TPSA) is 89.8 Å². The van der Waals surface area contributed by atoms with E-state index in [1.165, 1.54) is 0 Å². The van der Waals surface area contributed by atoms with Gasteiger partial charge in [-0.2, -0.15) is 5.10 Å². The molecule has 0 spiro atoms. The molecule has 9 nitrogen and oxygen atoms in total. The standard InChI is InChI=1S/C19H25N5O4/c1-11-10-28-19(26)24(11)13-5-7-23(8-6-13)18(25)14-9-20-17-15(16(14)27-4)12(2)21-22(17)3/h9,11,13H,5-8,10H2,1-4H3. The number of aryl methyl sites for hydroxylation is 2. The van der Waals surface area contributed by atoms with Crippen molar-refractivity contribution < 1.29 is 19.1 Å². The van der Waals surface area contributed by atoms with Crippen molar-refractivity contribution in [2.45, 2.75) is 38.8 Å². The van der Waals surface area contributed by atoms with Gasteiger partial charge in [0.1, 0.15) is 17.9 Å². The number of carbonyl (C=O) groups is 2. The molecule has 4 heterocycles. The Labute approximate surface area is 163 Å². The van der Waals surface area contributed by atoms with E-state index >= 15 is 0 Å². The second kappa shape index (κ2) is 6.96. The number of amides is 2. The normalized spacial score (nSPS) is 20.7. The third-order valence-corrected chi connectivity index (χ3v) is 5.69. The summed E-state index contributed by atoms with van der Waals surface area (Å²) < 4.78 is 12.4. The quantitative estimate of drug-likeness (QED) is 0.797. The molecule has 2 aliphatic rings. The van der Waals surface area contributed by atoms with Gasteiger partial charge in [0.15, 0.2) is 5.65 Å². The summed E-state index contributed by atoms with van der Waals surface area (Å²) in [5, 5.41) is 5.14. The van der Waals surface area contributed by atoms with Crippen molar-refractivity contribution in [2.75, 3.05) is 26.8 Å². The highest BCUT2D eigenvalue weighted by atomic mass is 16.6. The summed E-state index contributed by atoms with van der Waals surface area (Å²) >= 11 is 0. The lowest BCUT2D eigenvalue weighted by molar-refractivity contribution is 0.0638. The summed E-state index contributed by atoms with van der Waals surface area (Å²) in [4.78, 5) is 33.2. The summed E-state index contributed by atoms with van der Waals surface area (Å²) in [6.45, 7) is 5.46. The third-order valence-electron chi connectivity index (χ3n) is 5.69. The highest BCUT2D eigenvalue weighted by molar-refractivity contribution is 6.02. The molecule has 2 amide bonds. The predicted octanol–water partition coefficient (Wildman–Crippen LogP) is 1.73. The molecule has 0 bridgehead atoms. The molecule has 2 aromatic rings. The number of nitrogens with zero attached hydrogens (tertiary/aromatic N) is 5. The van der Waals surface area contributed by atoms with Crippen LogP contribution in [0.3, 0.4) is 0 Å². The number of ether oxygens (including phenoxy) is 2. The summed E-state index contributed by atoms with van der Waals surface area (Å²) in [5.41, 5.74) is 1.90. The van der Waals surface area contributed by atoms with Gasteiger partial charge in [0.2, 0.25) is 0 Å². The van der Waals surface area contributed by atoms with Crippen molar-refractivity contribution in [2.24, 2.45) is 7.05 Å². The van der Waals surface area contributed by atoms with Crippen LogP contribution in [0.1, 0.15) is 35.8 Å². The first kappa shape index (κ1) is 18.5. The number of carbonyl (C=O) groups excluding carboxylic acids is 2. The number of rotatable bonds is 3. The van der Waals surface area contributed by atoms with Gasteiger partial charge in [0.25, 0.3) is 5.91 Å². The Hall–Kier alpha value is -2.84. The van der Waals surface area contributed by atoms with Crippen LogP contribution < -0.4 is 4.74 Å². The molecule has 2 aromatic heterocycles. The maximum Gasteiger partial charge on any atom is 0.410 e. The van der Waals surface area contributed by atoms with Crippen LogP contribution in [0.15, 0.2) is 6.20 Å². The zero-order valence-electron chi connectivity index (χ0n) is 16.6. The molecule has 28 heavy (non-hydrogen) atoms. The highest BCUT2D eigenvalue weighted by Crippen LogP contribution is 2.32. The molecule has 0 saturated carbocycles. The Bertz CT molecular complexity index is 932. The van der Waals surface area contributed by atoms with E-state index in [-0.39, 0.29) is 24.1 Å². The van der Waals surface area contributed by atoms with Gasteiger partial charge in [-0.05, 0) is 26.7 Å². The van der Waals surface area contributed by atoms with Gasteiger partial charge in [-0.1, -0.05) is 0 Å². The predicted molar refractivity (Wildman–Crippen MR) is 101 cm³/mol. The smallest absolute Gasteiger partial charge is 0.410 e. The molecule has 150 valence electrons. The van der Waals surface area contributed by atoms with Crippen molar-refractivity contribution in [3.8, 4) is 5.75 Å². The first-order valence-corrected chi connectivity index (χ1v) is 9.53. The molecule has 2 saturated heterocycles. The van der Waals surface area contributed by atoms with Crippen LogP contribution in [0.5, 0.6) is 5.75 Å². The van der Waals surface area contributed by atoms with Gasteiger partial charge in [-0.25, -0.2) is 9.78 Å². The average Bonchev–Trinajstić information content (AvgIpc) is 3.18. The van der Waals surface area contributed by atoms with Crippen molar-refractivity contribution in [3.63, 3.8) is 0 Å². The molecule has 0 N–H and O–H groups in total. The van der Waals surface area contributed by atoms with Crippen LogP contribution in [0.4, 0.5) is 4.79 Å². The van der Waals surface area contributed by atoms with E-state index in [0.29, 0.717) is 36.7 Å². The fourth-order valence-electron chi connectivity index (χ4n) is 4.30. The fraction of sp³-hybridized carbons (Fsp3) is 0.579. The largest absolute Gasteiger partial charge is 0.495 e.